The number of rotatable bonds is 16. The molecule has 0 aromatic rings. The van der Waals surface area contributed by atoms with Crippen LogP contribution >= 0.6 is 0 Å². The highest BCUT2D eigenvalue weighted by Gasteiger charge is 2.01. The van der Waals surface area contributed by atoms with Crippen molar-refractivity contribution in [1.29, 1.82) is 0 Å². The summed E-state index contributed by atoms with van der Waals surface area (Å²) < 4.78 is 10.0. The maximum atomic E-state index is 11.4. The van der Waals surface area contributed by atoms with Crippen molar-refractivity contribution in [1.82, 2.24) is 0 Å². The average Bonchev–Trinajstić information content (AvgIpc) is 2.58. The zero-order valence-corrected chi connectivity index (χ0v) is 15.7. The SMILES string of the molecule is CCCCCCCCCCCOC(=O)/C=C/C(=O)OCCCCC. The van der Waals surface area contributed by atoms with Crippen molar-refractivity contribution >= 4 is 11.9 Å². The van der Waals surface area contributed by atoms with E-state index in [4.69, 9.17) is 9.47 Å². The van der Waals surface area contributed by atoms with Crippen LogP contribution in [0.4, 0.5) is 0 Å². The average molecular weight is 341 g/mol. The highest BCUT2D eigenvalue weighted by Crippen LogP contribution is 2.09. The number of esters is 2. The molecule has 0 aromatic heterocycles. The van der Waals surface area contributed by atoms with Crippen molar-refractivity contribution < 1.29 is 19.1 Å². The molecule has 0 radical (unpaired) electrons. The first kappa shape index (κ1) is 22.7. The summed E-state index contributed by atoms with van der Waals surface area (Å²) in [5, 5.41) is 0. The van der Waals surface area contributed by atoms with Crippen LogP contribution in [0.25, 0.3) is 0 Å². The van der Waals surface area contributed by atoms with Gasteiger partial charge in [-0.3, -0.25) is 0 Å². The van der Waals surface area contributed by atoms with Gasteiger partial charge in [-0.25, -0.2) is 9.59 Å². The summed E-state index contributed by atoms with van der Waals surface area (Å²) in [5.41, 5.74) is 0. The van der Waals surface area contributed by atoms with E-state index in [9.17, 15) is 9.59 Å². The van der Waals surface area contributed by atoms with Crippen LogP contribution in [0.5, 0.6) is 0 Å². The second-order valence-electron chi connectivity index (χ2n) is 6.20. The van der Waals surface area contributed by atoms with Gasteiger partial charge in [-0.15, -0.1) is 0 Å². The zero-order chi connectivity index (χ0) is 17.9. The molecule has 0 N–H and O–H groups in total. The fourth-order valence-corrected chi connectivity index (χ4v) is 2.34. The first-order valence-corrected chi connectivity index (χ1v) is 9.72. The molecule has 0 saturated carbocycles. The maximum absolute atomic E-state index is 11.4. The van der Waals surface area contributed by atoms with Gasteiger partial charge in [-0.05, 0) is 12.8 Å². The summed E-state index contributed by atoms with van der Waals surface area (Å²) in [5.74, 6) is -0.953. The van der Waals surface area contributed by atoms with Crippen molar-refractivity contribution in [2.75, 3.05) is 13.2 Å². The molecule has 4 nitrogen and oxygen atoms in total. The summed E-state index contributed by atoms with van der Waals surface area (Å²) >= 11 is 0. The minimum atomic E-state index is -0.480. The maximum Gasteiger partial charge on any atom is 0.331 e. The van der Waals surface area contributed by atoms with Crippen molar-refractivity contribution in [2.24, 2.45) is 0 Å². The van der Waals surface area contributed by atoms with Crippen LogP contribution < -0.4 is 0 Å². The molecule has 0 spiro atoms. The minimum absolute atomic E-state index is 0.407. The highest BCUT2D eigenvalue weighted by atomic mass is 16.5. The van der Waals surface area contributed by atoms with E-state index in [0.717, 1.165) is 44.3 Å². The van der Waals surface area contributed by atoms with Gasteiger partial charge in [0.1, 0.15) is 0 Å². The Hall–Kier alpha value is -1.32. The van der Waals surface area contributed by atoms with Crippen LogP contribution in [0.15, 0.2) is 12.2 Å². The van der Waals surface area contributed by atoms with Crippen molar-refractivity contribution in [3.05, 3.63) is 12.2 Å². The van der Waals surface area contributed by atoms with Crippen molar-refractivity contribution in [3.8, 4) is 0 Å². The highest BCUT2D eigenvalue weighted by molar-refractivity contribution is 5.91. The monoisotopic (exact) mass is 340 g/mol. The number of ether oxygens (including phenoxy) is 2. The Balaban J connectivity index is 3.42. The van der Waals surface area contributed by atoms with E-state index in [1.54, 1.807) is 0 Å². The minimum Gasteiger partial charge on any atom is -0.463 e. The summed E-state index contributed by atoms with van der Waals surface area (Å²) in [6.07, 6.45) is 16.3. The third-order valence-electron chi connectivity index (χ3n) is 3.84. The number of hydrogen-bond acceptors (Lipinski definition) is 4. The standard InChI is InChI=1S/C20H36O4/c1-3-5-7-8-9-10-11-12-14-18-24-20(22)16-15-19(21)23-17-13-6-4-2/h15-16H,3-14,17-18H2,1-2H3/b16-15+. The fraction of sp³-hybridized carbons (Fsp3) is 0.800. The van der Waals surface area contributed by atoms with Crippen molar-refractivity contribution in [3.63, 3.8) is 0 Å². The van der Waals surface area contributed by atoms with E-state index in [0.29, 0.717) is 13.2 Å². The molecule has 0 saturated heterocycles. The molecule has 0 unspecified atom stereocenters. The van der Waals surface area contributed by atoms with Crippen molar-refractivity contribution in [2.45, 2.75) is 90.9 Å². The number of carbonyl (C=O) groups excluding carboxylic acids is 2. The van der Waals surface area contributed by atoms with Crippen LogP contribution in [-0.2, 0) is 19.1 Å². The van der Waals surface area contributed by atoms with Gasteiger partial charge < -0.3 is 9.47 Å². The molecule has 0 rings (SSSR count). The molecule has 24 heavy (non-hydrogen) atoms. The lowest BCUT2D eigenvalue weighted by Gasteiger charge is -2.03. The van der Waals surface area contributed by atoms with Crippen LogP contribution in [0, 0.1) is 0 Å². The lowest BCUT2D eigenvalue weighted by atomic mass is 10.1. The van der Waals surface area contributed by atoms with Gasteiger partial charge in [0.05, 0.1) is 13.2 Å². The van der Waals surface area contributed by atoms with Gasteiger partial charge in [-0.2, -0.15) is 0 Å². The summed E-state index contributed by atoms with van der Waals surface area (Å²) in [4.78, 5) is 22.8. The molecule has 0 aliphatic heterocycles. The van der Waals surface area contributed by atoms with E-state index >= 15 is 0 Å². The van der Waals surface area contributed by atoms with Crippen LogP contribution in [0.3, 0.4) is 0 Å². The van der Waals surface area contributed by atoms with E-state index < -0.39 is 11.9 Å². The molecular weight excluding hydrogens is 304 g/mol. The molecular formula is C20H36O4. The Kier molecular flexibility index (Phi) is 17.0. The quantitative estimate of drug-likeness (QED) is 0.216. The molecule has 4 heteroatoms. The Labute approximate surface area is 148 Å². The second kappa shape index (κ2) is 18.0. The molecule has 0 aromatic carbocycles. The summed E-state index contributed by atoms with van der Waals surface area (Å²) in [6.45, 7) is 5.15. The Bertz CT molecular complexity index is 337. The van der Waals surface area contributed by atoms with E-state index in [1.165, 1.54) is 44.9 Å². The van der Waals surface area contributed by atoms with Gasteiger partial charge in [-0.1, -0.05) is 78.1 Å². The smallest absolute Gasteiger partial charge is 0.331 e. The third-order valence-corrected chi connectivity index (χ3v) is 3.84. The third kappa shape index (κ3) is 17.0. The number of hydrogen-bond donors (Lipinski definition) is 0. The normalized spacial score (nSPS) is 10.9. The van der Waals surface area contributed by atoms with Crippen LogP contribution in [0.1, 0.15) is 90.9 Å². The predicted molar refractivity (Wildman–Crippen MR) is 97.8 cm³/mol. The fourth-order valence-electron chi connectivity index (χ4n) is 2.34. The van der Waals surface area contributed by atoms with Gasteiger partial charge in [0, 0.05) is 12.2 Å². The molecule has 0 aliphatic carbocycles. The van der Waals surface area contributed by atoms with Gasteiger partial charge in [0.2, 0.25) is 0 Å². The Morgan fingerprint density at radius 3 is 1.38 bits per heavy atom. The van der Waals surface area contributed by atoms with Gasteiger partial charge >= 0.3 is 11.9 Å². The summed E-state index contributed by atoms with van der Waals surface area (Å²) in [7, 11) is 0. The number of unbranched alkanes of at least 4 members (excludes halogenated alkanes) is 10. The Morgan fingerprint density at radius 1 is 0.583 bits per heavy atom. The largest absolute Gasteiger partial charge is 0.463 e. The summed E-state index contributed by atoms with van der Waals surface area (Å²) in [6, 6.07) is 0. The first-order chi connectivity index (χ1) is 11.7. The van der Waals surface area contributed by atoms with Crippen LogP contribution in [0.2, 0.25) is 0 Å². The molecule has 0 atom stereocenters. The topological polar surface area (TPSA) is 52.6 Å². The van der Waals surface area contributed by atoms with E-state index in [1.807, 2.05) is 0 Å². The lowest BCUT2D eigenvalue weighted by molar-refractivity contribution is -0.140. The molecule has 0 bridgehead atoms. The Morgan fingerprint density at radius 2 is 0.917 bits per heavy atom. The lowest BCUT2D eigenvalue weighted by Crippen LogP contribution is -2.06. The first-order valence-electron chi connectivity index (χ1n) is 9.72. The number of carbonyl (C=O) groups is 2. The zero-order valence-electron chi connectivity index (χ0n) is 15.7. The molecule has 0 heterocycles. The van der Waals surface area contributed by atoms with E-state index in [-0.39, 0.29) is 0 Å². The van der Waals surface area contributed by atoms with Crippen LogP contribution in [-0.4, -0.2) is 25.2 Å². The second-order valence-corrected chi connectivity index (χ2v) is 6.20. The predicted octanol–water partition coefficient (Wildman–Crippen LogP) is 5.35. The van der Waals surface area contributed by atoms with E-state index in [2.05, 4.69) is 13.8 Å². The molecule has 0 amide bonds. The van der Waals surface area contributed by atoms with Gasteiger partial charge in [0.25, 0.3) is 0 Å². The molecule has 0 aliphatic rings. The molecule has 140 valence electrons. The molecule has 0 fully saturated rings. The van der Waals surface area contributed by atoms with Gasteiger partial charge in [0.15, 0.2) is 0 Å².